The number of benzene rings is 1. The van der Waals surface area contributed by atoms with Gasteiger partial charge >= 0.3 is 6.18 Å². The third kappa shape index (κ3) is 4.24. The average Bonchev–Trinajstić information content (AvgIpc) is 2.27. The predicted molar refractivity (Wildman–Crippen MR) is 71.5 cm³/mol. The number of aliphatic hydroxyl groups excluding tert-OH is 1. The van der Waals surface area contributed by atoms with Crippen LogP contribution in [0.2, 0.25) is 5.02 Å². The van der Waals surface area contributed by atoms with E-state index in [-0.39, 0.29) is 29.6 Å². The number of hydrogen-bond donors (Lipinski definition) is 2. The second kappa shape index (κ2) is 6.31. The number of halogens is 5. The molecule has 0 spiro atoms. The van der Waals surface area contributed by atoms with E-state index in [0.717, 1.165) is 12.1 Å². The lowest BCUT2D eigenvalue weighted by Crippen LogP contribution is -2.32. The van der Waals surface area contributed by atoms with Gasteiger partial charge in [0.25, 0.3) is 0 Å². The summed E-state index contributed by atoms with van der Waals surface area (Å²) >= 11 is 5.88. The Morgan fingerprint density at radius 1 is 1.32 bits per heavy atom. The molecule has 1 aromatic carbocycles. The molecule has 2 nitrogen and oxygen atoms in total. The lowest BCUT2D eigenvalue weighted by atomic mass is 9.81. The van der Waals surface area contributed by atoms with Gasteiger partial charge in [-0.15, -0.1) is 12.4 Å². The number of hydrogen-bond acceptors (Lipinski definition) is 2. The molecule has 3 N–H and O–H groups in total. The van der Waals surface area contributed by atoms with E-state index in [9.17, 15) is 18.3 Å². The zero-order chi connectivity index (χ0) is 14.1. The van der Waals surface area contributed by atoms with Gasteiger partial charge in [-0.2, -0.15) is 13.2 Å². The van der Waals surface area contributed by atoms with Crippen LogP contribution in [-0.2, 0) is 6.18 Å². The fraction of sp³-hybridized carbons (Fsp3) is 0.500. The van der Waals surface area contributed by atoms with Gasteiger partial charge < -0.3 is 10.8 Å². The van der Waals surface area contributed by atoms with Crippen LogP contribution in [0.25, 0.3) is 0 Å². The van der Waals surface area contributed by atoms with Crippen molar-refractivity contribution in [1.29, 1.82) is 0 Å². The van der Waals surface area contributed by atoms with Crippen LogP contribution >= 0.6 is 24.0 Å². The van der Waals surface area contributed by atoms with Crippen LogP contribution in [-0.4, -0.2) is 11.7 Å². The van der Waals surface area contributed by atoms with E-state index in [1.165, 1.54) is 6.07 Å². The predicted octanol–water partition coefficient (Wildman–Crippen LogP) is 3.80. The highest BCUT2D eigenvalue weighted by Crippen LogP contribution is 2.38. The molecule has 0 saturated carbocycles. The first-order chi connectivity index (χ1) is 8.09. The Kier molecular flexibility index (Phi) is 6.14. The molecule has 0 aliphatic rings. The molecule has 0 fully saturated rings. The molecule has 0 unspecified atom stereocenters. The zero-order valence-corrected chi connectivity index (χ0v) is 12.0. The van der Waals surface area contributed by atoms with Crippen molar-refractivity contribution < 1.29 is 18.3 Å². The van der Waals surface area contributed by atoms with Crippen LogP contribution in [0, 0.1) is 5.41 Å². The molecular formula is C12H16Cl2F3NO. The number of nitrogens with two attached hydrogens (primary N) is 1. The van der Waals surface area contributed by atoms with Crippen molar-refractivity contribution in [3.05, 3.63) is 34.3 Å². The molecule has 110 valence electrons. The van der Waals surface area contributed by atoms with E-state index < -0.39 is 23.2 Å². The van der Waals surface area contributed by atoms with Crippen LogP contribution in [0.15, 0.2) is 18.2 Å². The second-order valence-electron chi connectivity index (χ2n) is 4.86. The molecule has 0 amide bonds. The first-order valence-electron chi connectivity index (χ1n) is 5.32. The Morgan fingerprint density at radius 2 is 1.84 bits per heavy atom. The van der Waals surface area contributed by atoms with Gasteiger partial charge in [-0.1, -0.05) is 25.4 Å². The Bertz CT molecular complexity index is 435. The van der Waals surface area contributed by atoms with Gasteiger partial charge in [0, 0.05) is 23.1 Å². The van der Waals surface area contributed by atoms with Crippen LogP contribution in [0.5, 0.6) is 0 Å². The molecule has 7 heteroatoms. The molecule has 0 radical (unpaired) electrons. The van der Waals surface area contributed by atoms with E-state index in [1.807, 2.05) is 0 Å². The summed E-state index contributed by atoms with van der Waals surface area (Å²) in [5.74, 6) is 0. The normalized spacial score (nSPS) is 13.9. The minimum Gasteiger partial charge on any atom is -0.396 e. The number of aliphatic hydroxyl groups is 1. The third-order valence-corrected chi connectivity index (χ3v) is 3.25. The molecule has 0 bridgehead atoms. The minimum absolute atomic E-state index is 0. The van der Waals surface area contributed by atoms with Crippen LogP contribution < -0.4 is 5.73 Å². The van der Waals surface area contributed by atoms with Gasteiger partial charge in [0.1, 0.15) is 0 Å². The largest absolute Gasteiger partial charge is 0.416 e. The monoisotopic (exact) mass is 317 g/mol. The zero-order valence-electron chi connectivity index (χ0n) is 10.5. The standard InChI is InChI=1S/C12H15ClF3NO.ClH/c1-11(2,6-18)10(17)8-5-7(12(14,15)16)3-4-9(8)13;/h3-5,10,18H,6,17H2,1-2H3;1H/t10-;/m0./s1. The fourth-order valence-electron chi connectivity index (χ4n) is 1.48. The average molecular weight is 318 g/mol. The van der Waals surface area contributed by atoms with E-state index >= 15 is 0 Å². The molecular weight excluding hydrogens is 302 g/mol. The van der Waals surface area contributed by atoms with Crippen LogP contribution in [0.4, 0.5) is 13.2 Å². The summed E-state index contributed by atoms with van der Waals surface area (Å²) in [6.07, 6.45) is -4.44. The molecule has 1 aromatic rings. The van der Waals surface area contributed by atoms with Crippen molar-refractivity contribution in [3.8, 4) is 0 Å². The van der Waals surface area contributed by atoms with Gasteiger partial charge in [-0.25, -0.2) is 0 Å². The van der Waals surface area contributed by atoms with Gasteiger partial charge in [-0.3, -0.25) is 0 Å². The van der Waals surface area contributed by atoms with Crippen LogP contribution in [0.1, 0.15) is 31.0 Å². The first-order valence-corrected chi connectivity index (χ1v) is 5.70. The van der Waals surface area contributed by atoms with Crippen molar-refractivity contribution >= 4 is 24.0 Å². The van der Waals surface area contributed by atoms with Crippen LogP contribution in [0.3, 0.4) is 0 Å². The van der Waals surface area contributed by atoms with Gasteiger partial charge in [0.15, 0.2) is 0 Å². The molecule has 0 saturated heterocycles. The highest BCUT2D eigenvalue weighted by molar-refractivity contribution is 6.31. The second-order valence-corrected chi connectivity index (χ2v) is 5.27. The van der Waals surface area contributed by atoms with Gasteiger partial charge in [0.05, 0.1) is 5.56 Å². The van der Waals surface area contributed by atoms with Crippen molar-refractivity contribution in [2.45, 2.75) is 26.1 Å². The molecule has 19 heavy (non-hydrogen) atoms. The Labute approximate surface area is 121 Å². The maximum Gasteiger partial charge on any atom is 0.416 e. The van der Waals surface area contributed by atoms with Gasteiger partial charge in [-0.05, 0) is 23.8 Å². The van der Waals surface area contributed by atoms with E-state index in [0.29, 0.717) is 0 Å². The van der Waals surface area contributed by atoms with Crippen molar-refractivity contribution in [3.63, 3.8) is 0 Å². The summed E-state index contributed by atoms with van der Waals surface area (Å²) in [4.78, 5) is 0. The SMILES string of the molecule is CC(C)(CO)[C@@H](N)c1cc(C(F)(F)F)ccc1Cl.Cl. The highest BCUT2D eigenvalue weighted by atomic mass is 35.5. The topological polar surface area (TPSA) is 46.2 Å². The molecule has 1 rings (SSSR count). The van der Waals surface area contributed by atoms with Crippen molar-refractivity contribution in [2.24, 2.45) is 11.1 Å². The summed E-state index contributed by atoms with van der Waals surface area (Å²) in [7, 11) is 0. The van der Waals surface area contributed by atoms with Crippen molar-refractivity contribution in [2.75, 3.05) is 6.61 Å². The molecule has 0 aliphatic carbocycles. The van der Waals surface area contributed by atoms with E-state index in [2.05, 4.69) is 0 Å². The lowest BCUT2D eigenvalue weighted by Gasteiger charge is -2.30. The maximum atomic E-state index is 12.6. The smallest absolute Gasteiger partial charge is 0.396 e. The molecule has 0 aromatic heterocycles. The Balaban J connectivity index is 0.00000324. The van der Waals surface area contributed by atoms with Crippen molar-refractivity contribution in [1.82, 2.24) is 0 Å². The fourth-order valence-corrected chi connectivity index (χ4v) is 1.71. The molecule has 0 aliphatic heterocycles. The van der Waals surface area contributed by atoms with E-state index in [1.54, 1.807) is 13.8 Å². The third-order valence-electron chi connectivity index (χ3n) is 2.91. The molecule has 0 heterocycles. The summed E-state index contributed by atoms with van der Waals surface area (Å²) in [5, 5.41) is 9.36. The highest BCUT2D eigenvalue weighted by Gasteiger charge is 2.34. The number of rotatable bonds is 3. The summed E-state index contributed by atoms with van der Waals surface area (Å²) in [6, 6.07) is 2.24. The summed E-state index contributed by atoms with van der Waals surface area (Å²) in [6.45, 7) is 3.07. The lowest BCUT2D eigenvalue weighted by molar-refractivity contribution is -0.137. The number of alkyl halides is 3. The maximum absolute atomic E-state index is 12.6. The van der Waals surface area contributed by atoms with Gasteiger partial charge in [0.2, 0.25) is 0 Å². The summed E-state index contributed by atoms with van der Waals surface area (Å²) < 4.78 is 37.8. The Morgan fingerprint density at radius 3 is 2.26 bits per heavy atom. The quantitative estimate of drug-likeness (QED) is 0.890. The van der Waals surface area contributed by atoms with E-state index in [4.69, 9.17) is 17.3 Å². The summed E-state index contributed by atoms with van der Waals surface area (Å²) in [5.41, 5.74) is 4.51. The molecule has 1 atom stereocenters. The minimum atomic E-state index is -4.44. The first kappa shape index (κ1) is 18.5. The Hall–Kier alpha value is -0.490.